The summed E-state index contributed by atoms with van der Waals surface area (Å²) in [6, 6.07) is 13.5. The fraction of sp³-hybridized carbons (Fsp3) is 0.0526. The molecule has 5 rings (SSSR count). The zero-order valence-electron chi connectivity index (χ0n) is 15.2. The van der Waals surface area contributed by atoms with Crippen LogP contribution >= 0.6 is 11.6 Å². The van der Waals surface area contributed by atoms with E-state index in [0.717, 1.165) is 5.69 Å². The summed E-state index contributed by atoms with van der Waals surface area (Å²) in [5.74, 6) is -0.518. The Labute approximate surface area is 173 Å². The Morgan fingerprint density at radius 1 is 1.00 bits per heavy atom. The van der Waals surface area contributed by atoms with Gasteiger partial charge in [-0.05, 0) is 30.3 Å². The molecule has 3 heterocycles. The Bertz CT molecular complexity index is 1430. The van der Waals surface area contributed by atoms with Gasteiger partial charge in [-0.1, -0.05) is 40.2 Å². The van der Waals surface area contributed by atoms with Crippen LogP contribution in [0, 0.1) is 5.82 Å². The topological polar surface area (TPSA) is 96.3 Å². The zero-order valence-corrected chi connectivity index (χ0v) is 16.0. The van der Waals surface area contributed by atoms with Crippen LogP contribution in [0.5, 0.6) is 0 Å². The molecule has 0 N–H and O–H groups in total. The first-order chi connectivity index (χ1) is 14.6. The number of rotatable bonds is 4. The molecule has 0 amide bonds. The molecule has 0 aliphatic heterocycles. The first-order valence-corrected chi connectivity index (χ1v) is 9.21. The normalized spacial score (nSPS) is 11.3. The summed E-state index contributed by atoms with van der Waals surface area (Å²) in [6.07, 6.45) is 3.04. The summed E-state index contributed by atoms with van der Waals surface area (Å²) >= 11 is 5.82. The molecular formula is C19H12ClFN8O. The van der Waals surface area contributed by atoms with Crippen LogP contribution < -0.4 is 5.56 Å². The summed E-state index contributed by atoms with van der Waals surface area (Å²) in [4.78, 5) is 17.2. The lowest BCUT2D eigenvalue weighted by Gasteiger charge is -2.03. The van der Waals surface area contributed by atoms with Crippen molar-refractivity contribution in [2.24, 2.45) is 0 Å². The second-order valence-corrected chi connectivity index (χ2v) is 6.85. The van der Waals surface area contributed by atoms with E-state index in [0.29, 0.717) is 17.0 Å². The van der Waals surface area contributed by atoms with Gasteiger partial charge in [0, 0.05) is 0 Å². The maximum Gasteiger partial charge on any atom is 0.283 e. The van der Waals surface area contributed by atoms with E-state index < -0.39 is 5.82 Å². The molecule has 0 atom stereocenters. The maximum absolute atomic E-state index is 13.4. The van der Waals surface area contributed by atoms with Crippen LogP contribution in [0.25, 0.3) is 22.5 Å². The molecule has 3 aromatic heterocycles. The van der Waals surface area contributed by atoms with Gasteiger partial charge in [-0.25, -0.2) is 14.1 Å². The molecule has 148 valence electrons. The van der Waals surface area contributed by atoms with Gasteiger partial charge in [0.2, 0.25) is 0 Å². The molecule has 0 saturated carbocycles. The van der Waals surface area contributed by atoms with E-state index in [-0.39, 0.29) is 22.6 Å². The molecule has 11 heteroatoms. The lowest BCUT2D eigenvalue weighted by molar-refractivity contribution is 0.627. The fourth-order valence-corrected chi connectivity index (χ4v) is 3.17. The zero-order chi connectivity index (χ0) is 20.7. The molecule has 9 nitrogen and oxygen atoms in total. The molecule has 0 unspecified atom stereocenters. The molecule has 0 fully saturated rings. The van der Waals surface area contributed by atoms with E-state index >= 15 is 0 Å². The summed E-state index contributed by atoms with van der Waals surface area (Å²) < 4.78 is 17.7. The highest BCUT2D eigenvalue weighted by atomic mass is 35.5. The number of aromatic nitrogens is 8. The third kappa shape index (κ3) is 3.12. The predicted molar refractivity (Wildman–Crippen MR) is 106 cm³/mol. The first kappa shape index (κ1) is 18.1. The SMILES string of the molecule is O=c1c2nnn(-c3ccccc3)c2ncn1Cc1cn(-c2ccc(F)c(Cl)c2)nn1. The highest BCUT2D eigenvalue weighted by Gasteiger charge is 2.14. The number of para-hydroxylation sites is 1. The van der Waals surface area contributed by atoms with Gasteiger partial charge in [-0.15, -0.1) is 10.2 Å². The number of fused-ring (bicyclic) bond motifs is 1. The summed E-state index contributed by atoms with van der Waals surface area (Å²) in [6.45, 7) is 0.134. The monoisotopic (exact) mass is 422 g/mol. The van der Waals surface area contributed by atoms with Crippen molar-refractivity contribution in [3.63, 3.8) is 0 Å². The van der Waals surface area contributed by atoms with Gasteiger partial charge >= 0.3 is 0 Å². The van der Waals surface area contributed by atoms with E-state index in [9.17, 15) is 9.18 Å². The standard InChI is InChI=1S/C19H12ClFN8O/c20-15-8-14(6-7-16(15)21)28-10-12(23-25-28)9-27-11-22-18-17(19(27)30)24-26-29(18)13-4-2-1-3-5-13/h1-8,10-11H,9H2. The van der Waals surface area contributed by atoms with Gasteiger partial charge in [0.15, 0.2) is 11.2 Å². The first-order valence-electron chi connectivity index (χ1n) is 8.83. The van der Waals surface area contributed by atoms with Crippen molar-refractivity contribution < 1.29 is 4.39 Å². The van der Waals surface area contributed by atoms with E-state index in [1.54, 1.807) is 6.20 Å². The van der Waals surface area contributed by atoms with Gasteiger partial charge in [0.05, 0.1) is 29.1 Å². The number of hydrogen-bond donors (Lipinski definition) is 0. The lowest BCUT2D eigenvalue weighted by Crippen LogP contribution is -2.21. The third-order valence-corrected chi connectivity index (χ3v) is 4.76. The van der Waals surface area contributed by atoms with E-state index in [1.807, 2.05) is 30.3 Å². The van der Waals surface area contributed by atoms with Crippen molar-refractivity contribution in [2.45, 2.75) is 6.54 Å². The van der Waals surface area contributed by atoms with E-state index in [1.165, 1.54) is 38.5 Å². The number of benzene rings is 2. The molecule has 0 bridgehead atoms. The average Bonchev–Trinajstić information content (AvgIpc) is 3.40. The molecule has 30 heavy (non-hydrogen) atoms. The third-order valence-electron chi connectivity index (χ3n) is 4.47. The summed E-state index contributed by atoms with van der Waals surface area (Å²) in [5.41, 5.74) is 1.99. The smallest absolute Gasteiger partial charge is 0.283 e. The molecule has 0 aliphatic carbocycles. The number of nitrogens with zero attached hydrogens (tertiary/aromatic N) is 8. The minimum Gasteiger partial charge on any atom is -0.291 e. The maximum atomic E-state index is 13.4. The Kier molecular flexibility index (Phi) is 4.32. The predicted octanol–water partition coefficient (Wildman–Crippen LogP) is 2.40. The fourth-order valence-electron chi connectivity index (χ4n) is 3.00. The van der Waals surface area contributed by atoms with Crippen molar-refractivity contribution in [3.05, 3.63) is 87.9 Å². The molecular weight excluding hydrogens is 411 g/mol. The molecule has 0 spiro atoms. The van der Waals surface area contributed by atoms with Crippen molar-refractivity contribution in [1.29, 1.82) is 0 Å². The average molecular weight is 423 g/mol. The lowest BCUT2D eigenvalue weighted by atomic mass is 10.3. The van der Waals surface area contributed by atoms with Crippen LogP contribution in [0.1, 0.15) is 5.69 Å². The minimum absolute atomic E-state index is 0.0167. The summed E-state index contributed by atoms with van der Waals surface area (Å²) in [7, 11) is 0. The molecule has 5 aromatic rings. The quantitative estimate of drug-likeness (QED) is 0.441. The van der Waals surface area contributed by atoms with Crippen LogP contribution in [0.2, 0.25) is 5.02 Å². The van der Waals surface area contributed by atoms with Gasteiger partial charge in [-0.2, -0.15) is 4.68 Å². The Balaban J connectivity index is 1.46. The van der Waals surface area contributed by atoms with Crippen molar-refractivity contribution in [2.75, 3.05) is 0 Å². The summed E-state index contributed by atoms with van der Waals surface area (Å²) in [5, 5.41) is 16.1. The van der Waals surface area contributed by atoms with Crippen LogP contribution in [0.15, 0.2) is 65.8 Å². The van der Waals surface area contributed by atoms with Gasteiger partial charge in [-0.3, -0.25) is 9.36 Å². The van der Waals surface area contributed by atoms with Crippen molar-refractivity contribution in [3.8, 4) is 11.4 Å². The van der Waals surface area contributed by atoms with Crippen LogP contribution in [-0.4, -0.2) is 39.5 Å². The molecule has 2 aromatic carbocycles. The molecule has 0 saturated heterocycles. The Morgan fingerprint density at radius 3 is 2.63 bits per heavy atom. The van der Waals surface area contributed by atoms with Gasteiger partial charge in [0.25, 0.3) is 5.56 Å². The van der Waals surface area contributed by atoms with Crippen LogP contribution in [-0.2, 0) is 6.54 Å². The van der Waals surface area contributed by atoms with Crippen molar-refractivity contribution >= 4 is 22.8 Å². The van der Waals surface area contributed by atoms with E-state index in [2.05, 4.69) is 25.6 Å². The van der Waals surface area contributed by atoms with E-state index in [4.69, 9.17) is 11.6 Å². The highest BCUT2D eigenvalue weighted by Crippen LogP contribution is 2.18. The van der Waals surface area contributed by atoms with Crippen LogP contribution in [0.4, 0.5) is 4.39 Å². The Hall–Kier alpha value is -3.92. The second-order valence-electron chi connectivity index (χ2n) is 6.44. The minimum atomic E-state index is -0.518. The molecule has 0 aliphatic rings. The molecule has 0 radical (unpaired) electrons. The number of hydrogen-bond acceptors (Lipinski definition) is 6. The number of halogens is 2. The van der Waals surface area contributed by atoms with Gasteiger partial charge in [0.1, 0.15) is 17.8 Å². The highest BCUT2D eigenvalue weighted by molar-refractivity contribution is 6.30. The second kappa shape index (κ2) is 7.16. The van der Waals surface area contributed by atoms with Gasteiger partial charge < -0.3 is 0 Å². The van der Waals surface area contributed by atoms with Crippen molar-refractivity contribution in [1.82, 2.24) is 39.5 Å². The largest absolute Gasteiger partial charge is 0.291 e. The Morgan fingerprint density at radius 2 is 1.83 bits per heavy atom. The van der Waals surface area contributed by atoms with Crippen LogP contribution in [0.3, 0.4) is 0 Å².